The molecule has 1 aliphatic rings. The summed E-state index contributed by atoms with van der Waals surface area (Å²) in [5.41, 5.74) is 2.63. The summed E-state index contributed by atoms with van der Waals surface area (Å²) in [5.74, 6) is 0. The van der Waals surface area contributed by atoms with E-state index < -0.39 is 10.0 Å². The van der Waals surface area contributed by atoms with E-state index in [1.165, 1.54) is 24.0 Å². The Morgan fingerprint density at radius 2 is 1.83 bits per heavy atom. The minimum Gasteiger partial charge on any atom is -0.211 e. The Morgan fingerprint density at radius 1 is 1.13 bits per heavy atom. The van der Waals surface area contributed by atoms with E-state index in [0.717, 1.165) is 25.7 Å². The Morgan fingerprint density at radius 3 is 2.39 bits per heavy atom. The summed E-state index contributed by atoms with van der Waals surface area (Å²) in [5, 5.41) is 0. The number of benzene rings is 1. The fourth-order valence-electron chi connectivity index (χ4n) is 2.85. The van der Waals surface area contributed by atoms with Gasteiger partial charge in [0, 0.05) is 6.54 Å². The summed E-state index contributed by atoms with van der Waals surface area (Å²) >= 11 is 0. The third kappa shape index (κ3) is 4.92. The zero-order chi connectivity index (χ0) is 16.9. The molecule has 1 aromatic rings. The molecule has 0 aliphatic heterocycles. The second-order valence-electron chi connectivity index (χ2n) is 7.02. The van der Waals surface area contributed by atoms with Gasteiger partial charge in [0.25, 0.3) is 0 Å². The molecule has 0 amide bonds. The minimum absolute atomic E-state index is 0.0726. The number of allylic oxidation sites excluding steroid dienone is 1. The molecule has 4 heteroatoms. The molecule has 0 heterocycles. The van der Waals surface area contributed by atoms with Crippen molar-refractivity contribution in [2.24, 2.45) is 0 Å². The van der Waals surface area contributed by atoms with E-state index in [0.29, 0.717) is 11.4 Å². The maximum absolute atomic E-state index is 12.4. The van der Waals surface area contributed by atoms with Gasteiger partial charge in [-0.3, -0.25) is 0 Å². The lowest BCUT2D eigenvalue weighted by Gasteiger charge is -2.23. The lowest BCUT2D eigenvalue weighted by atomic mass is 9.82. The van der Waals surface area contributed by atoms with Gasteiger partial charge in [-0.1, -0.05) is 44.6 Å². The summed E-state index contributed by atoms with van der Waals surface area (Å²) in [6.45, 7) is 6.97. The van der Waals surface area contributed by atoms with Crippen molar-refractivity contribution < 1.29 is 8.42 Å². The first-order valence-electron chi connectivity index (χ1n) is 8.63. The predicted octanol–water partition coefficient (Wildman–Crippen LogP) is 4.54. The van der Waals surface area contributed by atoms with Crippen molar-refractivity contribution >= 4 is 10.0 Å². The van der Waals surface area contributed by atoms with Gasteiger partial charge in [0.15, 0.2) is 0 Å². The highest BCUT2D eigenvalue weighted by atomic mass is 32.2. The van der Waals surface area contributed by atoms with Crippen LogP contribution in [-0.2, 0) is 15.4 Å². The molecule has 1 N–H and O–H groups in total. The molecule has 1 aliphatic carbocycles. The molecule has 0 spiro atoms. The van der Waals surface area contributed by atoms with Crippen LogP contribution in [-0.4, -0.2) is 15.0 Å². The van der Waals surface area contributed by atoms with E-state index in [4.69, 9.17) is 0 Å². The van der Waals surface area contributed by atoms with Crippen LogP contribution in [0.15, 0.2) is 40.8 Å². The average molecular weight is 336 g/mol. The Hall–Kier alpha value is -1.13. The molecular formula is C19H29NO2S. The molecule has 128 valence electrons. The van der Waals surface area contributed by atoms with Crippen LogP contribution >= 0.6 is 0 Å². The minimum atomic E-state index is -3.41. The number of rotatable bonds is 7. The van der Waals surface area contributed by atoms with Gasteiger partial charge in [-0.05, 0) is 61.6 Å². The van der Waals surface area contributed by atoms with Crippen molar-refractivity contribution in [3.8, 4) is 0 Å². The van der Waals surface area contributed by atoms with Crippen molar-refractivity contribution in [2.45, 2.75) is 69.6 Å². The maximum Gasteiger partial charge on any atom is 0.240 e. The summed E-state index contributed by atoms with van der Waals surface area (Å²) in [6, 6.07) is 7.30. The second-order valence-corrected chi connectivity index (χ2v) is 8.78. The first kappa shape index (κ1) is 18.2. The number of nitrogens with one attached hydrogen (secondary N) is 1. The smallest absolute Gasteiger partial charge is 0.211 e. The fraction of sp³-hybridized carbons (Fsp3) is 0.579. The molecule has 0 fully saturated rings. The molecule has 1 aromatic carbocycles. The van der Waals surface area contributed by atoms with Crippen molar-refractivity contribution in [1.29, 1.82) is 0 Å². The van der Waals surface area contributed by atoms with E-state index in [9.17, 15) is 8.42 Å². The average Bonchev–Trinajstić information content (AvgIpc) is 2.56. The number of hydrogen-bond donors (Lipinski definition) is 1. The predicted molar refractivity (Wildman–Crippen MR) is 96.1 cm³/mol. The Bertz CT molecular complexity index is 642. The van der Waals surface area contributed by atoms with Crippen LogP contribution in [0, 0.1) is 0 Å². The highest BCUT2D eigenvalue weighted by Crippen LogP contribution is 2.27. The molecule has 0 radical (unpaired) electrons. The second kappa shape index (κ2) is 7.63. The SMILES string of the molecule is CCC(C)(C)c1ccc(S(=O)(=O)NCCC2=CCCCC2)cc1. The molecule has 3 nitrogen and oxygen atoms in total. The molecule has 0 atom stereocenters. The normalized spacial score (nSPS) is 16.2. The summed E-state index contributed by atoms with van der Waals surface area (Å²) in [7, 11) is -3.41. The van der Waals surface area contributed by atoms with Crippen LogP contribution in [0.3, 0.4) is 0 Å². The van der Waals surface area contributed by atoms with Crippen LogP contribution in [0.4, 0.5) is 0 Å². The maximum atomic E-state index is 12.4. The summed E-state index contributed by atoms with van der Waals surface area (Å²) < 4.78 is 27.5. The molecule has 0 saturated carbocycles. The lowest BCUT2D eigenvalue weighted by Crippen LogP contribution is -2.25. The van der Waals surface area contributed by atoms with Crippen molar-refractivity contribution in [3.63, 3.8) is 0 Å². The van der Waals surface area contributed by atoms with Crippen LogP contribution < -0.4 is 4.72 Å². The largest absolute Gasteiger partial charge is 0.240 e. The first-order chi connectivity index (χ1) is 10.8. The molecule has 0 saturated heterocycles. The Labute approximate surface area is 141 Å². The van der Waals surface area contributed by atoms with Crippen LogP contribution in [0.25, 0.3) is 0 Å². The molecule has 0 aromatic heterocycles. The quantitative estimate of drug-likeness (QED) is 0.743. The zero-order valence-electron chi connectivity index (χ0n) is 14.6. The highest BCUT2D eigenvalue weighted by molar-refractivity contribution is 7.89. The lowest BCUT2D eigenvalue weighted by molar-refractivity contribution is 0.505. The van der Waals surface area contributed by atoms with E-state index in [1.807, 2.05) is 12.1 Å². The van der Waals surface area contributed by atoms with Gasteiger partial charge in [-0.15, -0.1) is 0 Å². The van der Waals surface area contributed by atoms with Gasteiger partial charge in [-0.25, -0.2) is 13.1 Å². The van der Waals surface area contributed by atoms with E-state index in [-0.39, 0.29) is 5.41 Å². The third-order valence-corrected chi connectivity index (χ3v) is 6.43. The summed E-state index contributed by atoms with van der Waals surface area (Å²) in [4.78, 5) is 0.353. The molecule has 0 bridgehead atoms. The molecule has 2 rings (SSSR count). The highest BCUT2D eigenvalue weighted by Gasteiger charge is 2.20. The standard InChI is InChI=1S/C19H29NO2S/c1-4-19(2,3)17-10-12-18(13-11-17)23(21,22)20-15-14-16-8-6-5-7-9-16/h8,10-13,20H,4-7,9,14-15H2,1-3H3. The van der Waals surface area contributed by atoms with Gasteiger partial charge in [0.1, 0.15) is 0 Å². The number of sulfonamides is 1. The van der Waals surface area contributed by atoms with E-state index in [1.54, 1.807) is 12.1 Å². The molecule has 23 heavy (non-hydrogen) atoms. The molecule has 0 unspecified atom stereocenters. The van der Waals surface area contributed by atoms with Crippen LogP contribution in [0.5, 0.6) is 0 Å². The van der Waals surface area contributed by atoms with Gasteiger partial charge in [0.05, 0.1) is 4.90 Å². The van der Waals surface area contributed by atoms with Crippen LogP contribution in [0.2, 0.25) is 0 Å². The third-order valence-electron chi connectivity index (χ3n) is 4.95. The number of hydrogen-bond acceptors (Lipinski definition) is 2. The van der Waals surface area contributed by atoms with E-state index >= 15 is 0 Å². The zero-order valence-corrected chi connectivity index (χ0v) is 15.4. The fourth-order valence-corrected chi connectivity index (χ4v) is 3.88. The van der Waals surface area contributed by atoms with Gasteiger partial charge >= 0.3 is 0 Å². The first-order valence-corrected chi connectivity index (χ1v) is 10.1. The van der Waals surface area contributed by atoms with Gasteiger partial charge < -0.3 is 0 Å². The van der Waals surface area contributed by atoms with Gasteiger partial charge in [0.2, 0.25) is 10.0 Å². The topological polar surface area (TPSA) is 46.2 Å². The summed E-state index contributed by atoms with van der Waals surface area (Å²) in [6.07, 6.45) is 8.84. The van der Waals surface area contributed by atoms with E-state index in [2.05, 4.69) is 31.6 Å². The van der Waals surface area contributed by atoms with Gasteiger partial charge in [-0.2, -0.15) is 0 Å². The molecular weight excluding hydrogens is 306 g/mol. The Balaban J connectivity index is 1.97. The Kier molecular flexibility index (Phi) is 6.04. The van der Waals surface area contributed by atoms with Crippen molar-refractivity contribution in [2.75, 3.05) is 6.54 Å². The van der Waals surface area contributed by atoms with Crippen molar-refractivity contribution in [1.82, 2.24) is 4.72 Å². The van der Waals surface area contributed by atoms with Crippen LogP contribution in [0.1, 0.15) is 64.9 Å². The van der Waals surface area contributed by atoms with Crippen molar-refractivity contribution in [3.05, 3.63) is 41.5 Å². The monoisotopic (exact) mass is 335 g/mol.